The summed E-state index contributed by atoms with van der Waals surface area (Å²) in [6.07, 6.45) is 3.17. The first-order valence-corrected chi connectivity index (χ1v) is 6.93. The van der Waals surface area contributed by atoms with Crippen LogP contribution in [0, 0.1) is 11.3 Å². The van der Waals surface area contributed by atoms with Gasteiger partial charge in [-0.3, -0.25) is 9.89 Å². The van der Waals surface area contributed by atoms with E-state index in [2.05, 4.69) is 20.7 Å². The normalized spacial score (nSPS) is 10.6. The Kier molecular flexibility index (Phi) is 3.10. The molecular weight excluding hydrogens is 310 g/mol. The van der Waals surface area contributed by atoms with E-state index in [4.69, 9.17) is 14.2 Å². The maximum Gasteiger partial charge on any atom is 0.277 e. The van der Waals surface area contributed by atoms with Crippen LogP contribution in [0.1, 0.15) is 16.2 Å². The number of amides is 1. The summed E-state index contributed by atoms with van der Waals surface area (Å²) in [6, 6.07) is 10.2. The van der Waals surface area contributed by atoms with E-state index in [0.717, 1.165) is 22.2 Å². The smallest absolute Gasteiger partial charge is 0.277 e. The zero-order valence-corrected chi connectivity index (χ0v) is 12.1. The van der Waals surface area contributed by atoms with Crippen LogP contribution in [-0.2, 0) is 0 Å². The zero-order valence-electron chi connectivity index (χ0n) is 12.1. The lowest BCUT2D eigenvalue weighted by Gasteiger charge is -2.03. The van der Waals surface area contributed by atoms with Gasteiger partial charge in [0.2, 0.25) is 5.76 Å². The number of hydrogen-bond acceptors (Lipinski definition) is 6. The molecular formula is C16H9N5O3. The predicted molar refractivity (Wildman–Crippen MR) is 83.0 cm³/mol. The molecule has 0 fully saturated rings. The van der Waals surface area contributed by atoms with Crippen LogP contribution in [0.25, 0.3) is 22.2 Å². The van der Waals surface area contributed by atoms with Crippen LogP contribution in [-0.4, -0.2) is 21.3 Å². The number of aromatic amines is 1. The number of H-pyrrole nitrogens is 1. The molecule has 1 amide bonds. The number of rotatable bonds is 3. The molecule has 24 heavy (non-hydrogen) atoms. The summed E-state index contributed by atoms with van der Waals surface area (Å²) >= 11 is 0. The van der Waals surface area contributed by atoms with Crippen molar-refractivity contribution >= 4 is 22.5 Å². The number of benzene rings is 1. The Balaban J connectivity index is 1.66. The Hall–Kier alpha value is -3.86. The third-order valence-electron chi connectivity index (χ3n) is 3.47. The largest absolute Gasteiger partial charge is 0.472 e. The van der Waals surface area contributed by atoms with Crippen molar-refractivity contribution in [1.82, 2.24) is 15.4 Å². The van der Waals surface area contributed by atoms with Crippen LogP contribution >= 0.6 is 0 Å². The molecule has 0 aliphatic heterocycles. The molecule has 0 spiro atoms. The monoisotopic (exact) mass is 319 g/mol. The first-order valence-electron chi connectivity index (χ1n) is 6.93. The number of carbonyl (C=O) groups is 1. The molecule has 4 aromatic rings. The van der Waals surface area contributed by atoms with Gasteiger partial charge in [-0.25, -0.2) is 0 Å². The molecule has 116 valence electrons. The molecule has 0 saturated heterocycles. The summed E-state index contributed by atoms with van der Waals surface area (Å²) in [5, 5.41) is 23.0. The van der Waals surface area contributed by atoms with Crippen LogP contribution in [0.4, 0.5) is 5.69 Å². The highest BCUT2D eigenvalue weighted by Crippen LogP contribution is 2.28. The summed E-state index contributed by atoms with van der Waals surface area (Å²) in [6.45, 7) is 0. The zero-order chi connectivity index (χ0) is 16.5. The van der Waals surface area contributed by atoms with Gasteiger partial charge in [-0.15, -0.1) is 0 Å². The molecule has 3 heterocycles. The molecule has 0 aliphatic rings. The van der Waals surface area contributed by atoms with E-state index in [0.29, 0.717) is 5.69 Å². The van der Waals surface area contributed by atoms with Crippen LogP contribution in [0.2, 0.25) is 0 Å². The highest BCUT2D eigenvalue weighted by atomic mass is 16.5. The molecule has 3 aromatic heterocycles. The van der Waals surface area contributed by atoms with E-state index >= 15 is 0 Å². The molecule has 8 heteroatoms. The minimum atomic E-state index is -0.465. The molecule has 0 bridgehead atoms. The fraction of sp³-hybridized carbons (Fsp3) is 0. The second-order valence-electron chi connectivity index (χ2n) is 4.99. The number of nitrogens with zero attached hydrogens (tertiary/aromatic N) is 3. The van der Waals surface area contributed by atoms with E-state index in [1.165, 1.54) is 6.07 Å². The summed E-state index contributed by atoms with van der Waals surface area (Å²) in [5.41, 5.74) is 2.99. The fourth-order valence-corrected chi connectivity index (χ4v) is 2.34. The maximum atomic E-state index is 12.1. The van der Waals surface area contributed by atoms with Gasteiger partial charge in [0.05, 0.1) is 18.0 Å². The number of furan rings is 1. The lowest BCUT2D eigenvalue weighted by Crippen LogP contribution is -2.12. The van der Waals surface area contributed by atoms with E-state index in [1.807, 2.05) is 6.07 Å². The molecule has 0 radical (unpaired) electrons. The lowest BCUT2D eigenvalue weighted by molar-refractivity contribution is 0.101. The van der Waals surface area contributed by atoms with Crippen molar-refractivity contribution in [1.29, 1.82) is 5.26 Å². The number of aromatic nitrogens is 3. The standard InChI is InChI=1S/C16H9N5O3/c17-7-11-6-14(21-24-11)16(22)18-10-1-2-13-12(5-10)15(20-19-13)9-3-4-23-8-9/h1-6,8H,(H,18,22)(H,19,20). The Labute approximate surface area is 134 Å². The summed E-state index contributed by atoms with van der Waals surface area (Å²) in [7, 11) is 0. The molecule has 4 rings (SSSR count). The molecule has 0 atom stereocenters. The molecule has 0 unspecified atom stereocenters. The van der Waals surface area contributed by atoms with Gasteiger partial charge >= 0.3 is 0 Å². The van der Waals surface area contributed by atoms with Gasteiger partial charge in [-0.1, -0.05) is 5.16 Å². The number of anilines is 1. The average molecular weight is 319 g/mol. The SMILES string of the molecule is N#Cc1cc(C(=O)Nc2ccc3[nH]nc(-c4ccoc4)c3c2)no1. The highest BCUT2D eigenvalue weighted by Gasteiger charge is 2.14. The first-order chi connectivity index (χ1) is 11.7. The van der Waals surface area contributed by atoms with Crippen molar-refractivity contribution in [3.05, 3.63) is 54.3 Å². The first kappa shape index (κ1) is 13.8. The lowest BCUT2D eigenvalue weighted by atomic mass is 10.1. The topological polar surface area (TPSA) is 121 Å². The quantitative estimate of drug-likeness (QED) is 0.599. The van der Waals surface area contributed by atoms with Crippen LogP contribution < -0.4 is 5.32 Å². The van der Waals surface area contributed by atoms with E-state index < -0.39 is 5.91 Å². The van der Waals surface area contributed by atoms with Gasteiger partial charge in [-0.05, 0) is 24.3 Å². The Morgan fingerprint density at radius 2 is 2.21 bits per heavy atom. The minimum Gasteiger partial charge on any atom is -0.472 e. The number of hydrogen-bond donors (Lipinski definition) is 2. The van der Waals surface area contributed by atoms with Crippen molar-refractivity contribution in [2.45, 2.75) is 0 Å². The Bertz CT molecular complexity index is 1070. The van der Waals surface area contributed by atoms with Gasteiger partial charge < -0.3 is 14.3 Å². The number of fused-ring (bicyclic) bond motifs is 1. The van der Waals surface area contributed by atoms with Gasteiger partial charge in [0.1, 0.15) is 11.8 Å². The number of carbonyl (C=O) groups excluding carboxylic acids is 1. The maximum absolute atomic E-state index is 12.1. The third kappa shape index (κ3) is 2.30. The molecule has 0 aliphatic carbocycles. The van der Waals surface area contributed by atoms with Crippen LogP contribution in [0.5, 0.6) is 0 Å². The Morgan fingerprint density at radius 1 is 1.29 bits per heavy atom. The van der Waals surface area contributed by atoms with Crippen molar-refractivity contribution < 1.29 is 13.7 Å². The average Bonchev–Trinajstić information content (AvgIpc) is 3.33. The second kappa shape index (κ2) is 5.40. The third-order valence-corrected chi connectivity index (χ3v) is 3.47. The number of nitriles is 1. The molecule has 8 nitrogen and oxygen atoms in total. The molecule has 0 saturated carbocycles. The second-order valence-corrected chi connectivity index (χ2v) is 4.99. The highest BCUT2D eigenvalue weighted by molar-refractivity contribution is 6.04. The van der Waals surface area contributed by atoms with E-state index in [1.54, 1.807) is 36.8 Å². The summed E-state index contributed by atoms with van der Waals surface area (Å²) in [5.74, 6) is -0.486. The molecule has 1 aromatic carbocycles. The summed E-state index contributed by atoms with van der Waals surface area (Å²) in [4.78, 5) is 12.1. The van der Waals surface area contributed by atoms with E-state index in [-0.39, 0.29) is 11.5 Å². The van der Waals surface area contributed by atoms with Crippen molar-refractivity contribution in [3.63, 3.8) is 0 Å². The summed E-state index contributed by atoms with van der Waals surface area (Å²) < 4.78 is 9.79. The minimum absolute atomic E-state index is 0.0207. The van der Waals surface area contributed by atoms with Gasteiger partial charge in [0, 0.05) is 22.7 Å². The van der Waals surface area contributed by atoms with Gasteiger partial charge in [0.15, 0.2) is 5.69 Å². The predicted octanol–water partition coefficient (Wildman–Crippen LogP) is 2.93. The van der Waals surface area contributed by atoms with Crippen molar-refractivity contribution in [2.75, 3.05) is 5.32 Å². The Morgan fingerprint density at radius 3 is 2.96 bits per heavy atom. The van der Waals surface area contributed by atoms with E-state index in [9.17, 15) is 4.79 Å². The number of nitrogens with one attached hydrogen (secondary N) is 2. The van der Waals surface area contributed by atoms with Gasteiger partial charge in [0.25, 0.3) is 5.91 Å². The van der Waals surface area contributed by atoms with Crippen molar-refractivity contribution in [2.24, 2.45) is 0 Å². The molecule has 2 N–H and O–H groups in total. The van der Waals surface area contributed by atoms with Crippen LogP contribution in [0.3, 0.4) is 0 Å². The fourth-order valence-electron chi connectivity index (χ4n) is 2.34. The van der Waals surface area contributed by atoms with Crippen molar-refractivity contribution in [3.8, 4) is 17.3 Å². The van der Waals surface area contributed by atoms with Gasteiger partial charge in [-0.2, -0.15) is 10.4 Å². The van der Waals surface area contributed by atoms with Crippen LogP contribution in [0.15, 0.2) is 51.8 Å².